The molecule has 2 rings (SSSR count). The fourth-order valence-corrected chi connectivity index (χ4v) is 1.75. The largest absolute Gasteiger partial charge is 0.488 e. The average molecular weight is 280 g/mol. The first-order valence-electron chi connectivity index (χ1n) is 5.59. The maximum atomic E-state index is 13.5. The zero-order chi connectivity index (χ0) is 13.8. The van der Waals surface area contributed by atoms with Crippen LogP contribution in [0, 0.1) is 5.82 Å². The highest BCUT2D eigenvalue weighted by Crippen LogP contribution is 2.20. The minimum atomic E-state index is -1.66. The Hall–Kier alpha value is -1.56. The minimum Gasteiger partial charge on any atom is -0.486 e. The molecule has 0 saturated heterocycles. The molecule has 0 aromatic heterocycles. The number of hydrogen-bond donors (Lipinski definition) is 2. The molecule has 0 saturated carbocycles. The average Bonchev–Trinajstić information content (AvgIpc) is 2.39. The molecule has 0 spiro atoms. The molecule has 0 unspecified atom stereocenters. The van der Waals surface area contributed by atoms with Gasteiger partial charge in [-0.05, 0) is 23.7 Å². The van der Waals surface area contributed by atoms with Crippen molar-refractivity contribution in [2.75, 3.05) is 0 Å². The summed E-state index contributed by atoms with van der Waals surface area (Å²) in [5.41, 5.74) is 0.883. The molecule has 0 radical (unpaired) electrons. The van der Waals surface area contributed by atoms with E-state index >= 15 is 0 Å². The van der Waals surface area contributed by atoms with Gasteiger partial charge in [0, 0.05) is 10.6 Å². The van der Waals surface area contributed by atoms with Crippen LogP contribution in [-0.2, 0) is 6.61 Å². The Morgan fingerprint density at radius 3 is 2.58 bits per heavy atom. The summed E-state index contributed by atoms with van der Waals surface area (Å²) < 4.78 is 18.8. The lowest BCUT2D eigenvalue weighted by Gasteiger charge is -2.10. The summed E-state index contributed by atoms with van der Waals surface area (Å²) in [6.07, 6.45) is 0. The molecule has 2 aromatic rings. The highest BCUT2D eigenvalue weighted by molar-refractivity contribution is 6.58. The van der Waals surface area contributed by atoms with Gasteiger partial charge in [0.2, 0.25) is 0 Å². The highest BCUT2D eigenvalue weighted by atomic mass is 35.5. The maximum Gasteiger partial charge on any atom is 0.488 e. The Labute approximate surface area is 115 Å². The Morgan fingerprint density at radius 1 is 1.16 bits per heavy atom. The molecule has 0 aliphatic carbocycles. The number of rotatable bonds is 4. The monoisotopic (exact) mass is 280 g/mol. The quantitative estimate of drug-likeness (QED) is 0.839. The summed E-state index contributed by atoms with van der Waals surface area (Å²) in [4.78, 5) is 0. The van der Waals surface area contributed by atoms with Crippen molar-refractivity contribution in [2.45, 2.75) is 6.61 Å². The summed E-state index contributed by atoms with van der Waals surface area (Å²) in [6, 6.07) is 10.7. The number of halogens is 2. The van der Waals surface area contributed by atoms with Gasteiger partial charge in [-0.3, -0.25) is 0 Å². The molecule has 0 atom stereocenters. The van der Waals surface area contributed by atoms with Gasteiger partial charge in [-0.1, -0.05) is 35.9 Å². The summed E-state index contributed by atoms with van der Waals surface area (Å²) in [5.74, 6) is -0.623. The van der Waals surface area contributed by atoms with E-state index in [0.29, 0.717) is 5.02 Å². The minimum absolute atomic E-state index is 0.0504. The van der Waals surface area contributed by atoms with Gasteiger partial charge in [0.05, 0.1) is 0 Å². The van der Waals surface area contributed by atoms with E-state index in [-0.39, 0.29) is 17.8 Å². The lowest BCUT2D eigenvalue weighted by Crippen LogP contribution is -2.29. The van der Waals surface area contributed by atoms with Crippen LogP contribution in [-0.4, -0.2) is 17.2 Å². The van der Waals surface area contributed by atoms with Crippen molar-refractivity contribution < 1.29 is 19.2 Å². The van der Waals surface area contributed by atoms with Crippen LogP contribution in [0.25, 0.3) is 0 Å². The molecule has 0 aliphatic heterocycles. The van der Waals surface area contributed by atoms with E-state index in [1.165, 1.54) is 12.1 Å². The molecule has 2 N–H and O–H groups in total. The molecule has 2 aromatic carbocycles. The fraction of sp³-hybridized carbons (Fsp3) is 0.0769. The van der Waals surface area contributed by atoms with Gasteiger partial charge in [-0.25, -0.2) is 4.39 Å². The van der Waals surface area contributed by atoms with Crippen molar-refractivity contribution in [1.82, 2.24) is 0 Å². The van der Waals surface area contributed by atoms with Crippen molar-refractivity contribution in [1.29, 1.82) is 0 Å². The van der Waals surface area contributed by atoms with Gasteiger partial charge >= 0.3 is 7.12 Å². The Kier molecular flexibility index (Phi) is 4.42. The maximum absolute atomic E-state index is 13.5. The summed E-state index contributed by atoms with van der Waals surface area (Å²) >= 11 is 5.96. The molecule has 98 valence electrons. The van der Waals surface area contributed by atoms with Crippen molar-refractivity contribution in [2.24, 2.45) is 0 Å². The first kappa shape index (κ1) is 13.9. The van der Waals surface area contributed by atoms with Crippen LogP contribution in [0.15, 0.2) is 42.5 Å². The second kappa shape index (κ2) is 6.06. The van der Waals surface area contributed by atoms with Gasteiger partial charge in [0.25, 0.3) is 0 Å². The Morgan fingerprint density at radius 2 is 1.89 bits per heavy atom. The summed E-state index contributed by atoms with van der Waals surface area (Å²) in [7, 11) is -1.66. The van der Waals surface area contributed by atoms with E-state index in [0.717, 1.165) is 11.6 Å². The van der Waals surface area contributed by atoms with E-state index in [4.69, 9.17) is 26.4 Å². The van der Waals surface area contributed by atoms with Crippen molar-refractivity contribution in [3.63, 3.8) is 0 Å². The standard InChI is InChI=1S/C13H11BClFO3/c15-11-4-2-1-3-9(11)8-19-13-7-10(14(17)18)5-6-12(13)16/h1-7,17-18H,8H2. The zero-order valence-electron chi connectivity index (χ0n) is 9.88. The van der Waals surface area contributed by atoms with Gasteiger partial charge in [-0.15, -0.1) is 0 Å². The molecule has 0 heterocycles. The van der Waals surface area contributed by atoms with E-state index < -0.39 is 12.9 Å². The second-order valence-corrected chi connectivity index (χ2v) is 4.35. The molecular weight excluding hydrogens is 269 g/mol. The molecule has 3 nitrogen and oxygen atoms in total. The number of ether oxygens (including phenoxy) is 1. The van der Waals surface area contributed by atoms with Crippen molar-refractivity contribution >= 4 is 24.2 Å². The highest BCUT2D eigenvalue weighted by Gasteiger charge is 2.14. The first-order valence-corrected chi connectivity index (χ1v) is 5.97. The molecule has 0 aliphatic rings. The third-order valence-corrected chi connectivity index (χ3v) is 2.96. The van der Waals surface area contributed by atoms with Gasteiger partial charge < -0.3 is 14.8 Å². The third kappa shape index (κ3) is 3.47. The first-order chi connectivity index (χ1) is 9.08. The van der Waals surface area contributed by atoms with Gasteiger partial charge in [0.1, 0.15) is 6.61 Å². The van der Waals surface area contributed by atoms with Crippen LogP contribution in [0.2, 0.25) is 5.02 Å². The normalized spacial score (nSPS) is 10.3. The third-order valence-electron chi connectivity index (χ3n) is 2.59. The predicted octanol–water partition coefficient (Wildman–Crippen LogP) is 1.74. The molecule has 0 fully saturated rings. The zero-order valence-corrected chi connectivity index (χ0v) is 10.6. The molecule has 0 bridgehead atoms. The van der Waals surface area contributed by atoms with E-state index in [2.05, 4.69) is 0 Å². The van der Waals surface area contributed by atoms with Crippen LogP contribution in [0.3, 0.4) is 0 Å². The Bertz CT molecular complexity index is 578. The molecule has 0 amide bonds. The second-order valence-electron chi connectivity index (χ2n) is 3.94. The lowest BCUT2D eigenvalue weighted by molar-refractivity contribution is 0.290. The van der Waals surface area contributed by atoms with E-state index in [9.17, 15) is 4.39 Å². The van der Waals surface area contributed by atoms with Crippen molar-refractivity contribution in [3.8, 4) is 5.75 Å². The summed E-state index contributed by atoms with van der Waals surface area (Å²) in [5, 5.41) is 18.6. The van der Waals surface area contributed by atoms with Crippen LogP contribution < -0.4 is 10.2 Å². The summed E-state index contributed by atoms with van der Waals surface area (Å²) in [6.45, 7) is 0.0988. The van der Waals surface area contributed by atoms with E-state index in [1.54, 1.807) is 24.3 Å². The number of benzene rings is 2. The SMILES string of the molecule is OB(O)c1ccc(F)c(OCc2ccccc2Cl)c1. The van der Waals surface area contributed by atoms with Crippen LogP contribution >= 0.6 is 11.6 Å². The van der Waals surface area contributed by atoms with Crippen molar-refractivity contribution in [3.05, 3.63) is 58.9 Å². The fourth-order valence-electron chi connectivity index (χ4n) is 1.56. The Balaban J connectivity index is 2.15. The van der Waals surface area contributed by atoms with Gasteiger partial charge in [0.15, 0.2) is 11.6 Å². The molecule has 6 heteroatoms. The molecular formula is C13H11BClFO3. The topological polar surface area (TPSA) is 49.7 Å². The smallest absolute Gasteiger partial charge is 0.486 e. The van der Waals surface area contributed by atoms with Gasteiger partial charge in [-0.2, -0.15) is 0 Å². The van der Waals surface area contributed by atoms with E-state index in [1.807, 2.05) is 0 Å². The lowest BCUT2D eigenvalue weighted by atomic mass is 9.80. The molecule has 19 heavy (non-hydrogen) atoms. The van der Waals surface area contributed by atoms with Crippen LogP contribution in [0.1, 0.15) is 5.56 Å². The van der Waals surface area contributed by atoms with Crippen LogP contribution in [0.5, 0.6) is 5.75 Å². The van der Waals surface area contributed by atoms with Crippen LogP contribution in [0.4, 0.5) is 4.39 Å². The number of hydrogen-bond acceptors (Lipinski definition) is 3. The predicted molar refractivity (Wildman–Crippen MR) is 72.0 cm³/mol.